The van der Waals surface area contributed by atoms with E-state index in [2.05, 4.69) is 10.2 Å². The quantitative estimate of drug-likeness (QED) is 0.763. The molecule has 0 N–H and O–H groups in total. The summed E-state index contributed by atoms with van der Waals surface area (Å²) in [5.41, 5.74) is 0. The topological polar surface area (TPSA) is 79.5 Å². The minimum atomic E-state index is 0.0503. The molecule has 2 heterocycles. The van der Waals surface area contributed by atoms with Crippen molar-refractivity contribution in [1.82, 2.24) is 20.0 Å². The molecule has 0 radical (unpaired) electrons. The van der Waals surface area contributed by atoms with Crippen LogP contribution in [0.5, 0.6) is 0 Å². The molecule has 7 nitrogen and oxygen atoms in total. The zero-order valence-corrected chi connectivity index (χ0v) is 12.8. The van der Waals surface area contributed by atoms with Crippen LogP contribution in [0, 0.1) is 0 Å². The Morgan fingerprint density at radius 2 is 1.86 bits per heavy atom. The van der Waals surface area contributed by atoms with Gasteiger partial charge in [0.2, 0.25) is 17.7 Å². The third-order valence-electron chi connectivity index (χ3n) is 3.75. The molecule has 0 unspecified atom stereocenters. The van der Waals surface area contributed by atoms with Crippen molar-refractivity contribution in [2.45, 2.75) is 30.9 Å². The van der Waals surface area contributed by atoms with Gasteiger partial charge in [-0.1, -0.05) is 11.8 Å². The SMILES string of the molecule is CC(=O)N1CCN(C(=O)CSc2nnc(C3CC3)o2)CC1. The average molecular weight is 310 g/mol. The molecule has 0 spiro atoms. The maximum Gasteiger partial charge on any atom is 0.277 e. The molecule has 0 aromatic carbocycles. The maximum absolute atomic E-state index is 12.1. The fraction of sp³-hybridized carbons (Fsp3) is 0.692. The highest BCUT2D eigenvalue weighted by Gasteiger charge is 2.29. The Labute approximate surface area is 127 Å². The smallest absolute Gasteiger partial charge is 0.277 e. The van der Waals surface area contributed by atoms with Crippen LogP contribution in [-0.4, -0.2) is 63.7 Å². The van der Waals surface area contributed by atoms with Crippen molar-refractivity contribution < 1.29 is 14.0 Å². The van der Waals surface area contributed by atoms with Gasteiger partial charge in [0, 0.05) is 39.0 Å². The minimum absolute atomic E-state index is 0.0503. The van der Waals surface area contributed by atoms with Crippen LogP contribution in [0.4, 0.5) is 0 Å². The fourth-order valence-electron chi connectivity index (χ4n) is 2.26. The van der Waals surface area contributed by atoms with Crippen LogP contribution >= 0.6 is 11.8 Å². The number of aromatic nitrogens is 2. The van der Waals surface area contributed by atoms with Gasteiger partial charge in [0.25, 0.3) is 5.22 Å². The highest BCUT2D eigenvalue weighted by molar-refractivity contribution is 7.99. The summed E-state index contributed by atoms with van der Waals surface area (Å²) < 4.78 is 5.51. The zero-order chi connectivity index (χ0) is 14.8. The number of carbonyl (C=O) groups excluding carboxylic acids is 2. The third kappa shape index (κ3) is 3.55. The molecule has 0 bridgehead atoms. The van der Waals surface area contributed by atoms with Gasteiger partial charge in [-0.25, -0.2) is 0 Å². The molecular weight excluding hydrogens is 292 g/mol. The van der Waals surface area contributed by atoms with Crippen molar-refractivity contribution in [1.29, 1.82) is 0 Å². The molecule has 3 rings (SSSR count). The van der Waals surface area contributed by atoms with Gasteiger partial charge in [0.15, 0.2) is 0 Å². The normalized spacial score (nSPS) is 18.9. The van der Waals surface area contributed by atoms with E-state index in [9.17, 15) is 9.59 Å². The summed E-state index contributed by atoms with van der Waals surface area (Å²) in [6.45, 7) is 3.96. The van der Waals surface area contributed by atoms with Crippen LogP contribution in [0.25, 0.3) is 0 Å². The first-order chi connectivity index (χ1) is 10.1. The lowest BCUT2D eigenvalue weighted by atomic mass is 10.3. The number of piperazine rings is 1. The number of thioether (sulfide) groups is 1. The Morgan fingerprint density at radius 3 is 2.48 bits per heavy atom. The summed E-state index contributed by atoms with van der Waals surface area (Å²) >= 11 is 1.28. The number of hydrogen-bond donors (Lipinski definition) is 0. The first-order valence-electron chi connectivity index (χ1n) is 7.13. The van der Waals surface area contributed by atoms with Crippen molar-refractivity contribution in [3.05, 3.63) is 5.89 Å². The van der Waals surface area contributed by atoms with E-state index in [1.807, 2.05) is 0 Å². The molecule has 1 aliphatic heterocycles. The lowest BCUT2D eigenvalue weighted by Gasteiger charge is -2.34. The van der Waals surface area contributed by atoms with Gasteiger partial charge in [0.1, 0.15) is 0 Å². The van der Waals surface area contributed by atoms with Gasteiger partial charge in [-0.15, -0.1) is 10.2 Å². The standard InChI is InChI=1S/C13H18N4O3S/c1-9(18)16-4-6-17(7-5-16)11(19)8-21-13-15-14-12(20-13)10-2-3-10/h10H,2-8H2,1H3. The molecule has 2 aliphatic rings. The Kier molecular flexibility index (Phi) is 4.14. The summed E-state index contributed by atoms with van der Waals surface area (Å²) in [4.78, 5) is 26.9. The van der Waals surface area contributed by atoms with Crippen molar-refractivity contribution in [3.63, 3.8) is 0 Å². The lowest BCUT2D eigenvalue weighted by molar-refractivity contribution is -0.136. The summed E-state index contributed by atoms with van der Waals surface area (Å²) in [5, 5.41) is 8.41. The third-order valence-corrected chi connectivity index (χ3v) is 4.55. The van der Waals surface area contributed by atoms with E-state index >= 15 is 0 Å². The minimum Gasteiger partial charge on any atom is -0.416 e. The van der Waals surface area contributed by atoms with Crippen molar-refractivity contribution in [2.24, 2.45) is 0 Å². The van der Waals surface area contributed by atoms with Crippen LogP contribution in [0.1, 0.15) is 31.6 Å². The number of rotatable bonds is 4. The summed E-state index contributed by atoms with van der Waals surface area (Å²) in [6.07, 6.45) is 2.23. The fourth-order valence-corrected chi connectivity index (χ4v) is 2.93. The Morgan fingerprint density at radius 1 is 1.19 bits per heavy atom. The molecular formula is C13H18N4O3S. The molecule has 0 atom stereocenters. The molecule has 1 aliphatic carbocycles. The van der Waals surface area contributed by atoms with Gasteiger partial charge >= 0.3 is 0 Å². The van der Waals surface area contributed by atoms with E-state index in [0.717, 1.165) is 12.8 Å². The maximum atomic E-state index is 12.1. The first kappa shape index (κ1) is 14.4. The highest BCUT2D eigenvalue weighted by Crippen LogP contribution is 2.39. The van der Waals surface area contributed by atoms with Crippen molar-refractivity contribution >= 4 is 23.6 Å². The second-order valence-corrected chi connectivity index (χ2v) is 6.28. The number of nitrogens with zero attached hydrogens (tertiary/aromatic N) is 4. The van der Waals surface area contributed by atoms with Gasteiger partial charge in [0.05, 0.1) is 5.75 Å². The Balaban J connectivity index is 1.44. The predicted molar refractivity (Wildman–Crippen MR) is 75.8 cm³/mol. The van der Waals surface area contributed by atoms with Crippen LogP contribution in [0.3, 0.4) is 0 Å². The number of carbonyl (C=O) groups is 2. The van der Waals surface area contributed by atoms with Gasteiger partial charge in [-0.05, 0) is 12.8 Å². The molecule has 2 fully saturated rings. The molecule has 1 aromatic rings. The van der Waals surface area contributed by atoms with E-state index in [-0.39, 0.29) is 11.8 Å². The molecule has 1 saturated heterocycles. The molecule has 2 amide bonds. The van der Waals surface area contributed by atoms with Crippen LogP contribution in [0.15, 0.2) is 9.64 Å². The van der Waals surface area contributed by atoms with E-state index in [1.165, 1.54) is 11.8 Å². The summed E-state index contributed by atoms with van der Waals surface area (Å²) in [6, 6.07) is 0. The van der Waals surface area contributed by atoms with Gasteiger partial charge in [-0.3, -0.25) is 9.59 Å². The second-order valence-electron chi connectivity index (χ2n) is 5.36. The number of hydrogen-bond acceptors (Lipinski definition) is 6. The van der Waals surface area contributed by atoms with Gasteiger partial charge < -0.3 is 14.2 Å². The van der Waals surface area contributed by atoms with Gasteiger partial charge in [-0.2, -0.15) is 0 Å². The second kappa shape index (κ2) is 6.05. The van der Waals surface area contributed by atoms with E-state index in [4.69, 9.17) is 4.42 Å². The molecule has 114 valence electrons. The highest BCUT2D eigenvalue weighted by atomic mass is 32.2. The Bertz CT molecular complexity index is 535. The largest absolute Gasteiger partial charge is 0.416 e. The lowest BCUT2D eigenvalue weighted by Crippen LogP contribution is -2.50. The Hall–Kier alpha value is -1.57. The zero-order valence-electron chi connectivity index (χ0n) is 11.9. The summed E-state index contributed by atoms with van der Waals surface area (Å²) in [5.74, 6) is 1.54. The predicted octanol–water partition coefficient (Wildman–Crippen LogP) is 0.730. The van der Waals surface area contributed by atoms with E-state index < -0.39 is 0 Å². The average Bonchev–Trinajstić information content (AvgIpc) is 3.24. The van der Waals surface area contributed by atoms with Crippen LogP contribution in [-0.2, 0) is 9.59 Å². The van der Waals surface area contributed by atoms with E-state index in [1.54, 1.807) is 16.7 Å². The van der Waals surface area contributed by atoms with Crippen LogP contribution in [0.2, 0.25) is 0 Å². The first-order valence-corrected chi connectivity index (χ1v) is 8.11. The van der Waals surface area contributed by atoms with Crippen LogP contribution < -0.4 is 0 Å². The van der Waals surface area contributed by atoms with Crippen molar-refractivity contribution in [2.75, 3.05) is 31.9 Å². The molecule has 1 aromatic heterocycles. The van der Waals surface area contributed by atoms with E-state index in [0.29, 0.717) is 49.0 Å². The summed E-state index contributed by atoms with van der Waals surface area (Å²) in [7, 11) is 0. The number of amides is 2. The van der Waals surface area contributed by atoms with Crippen molar-refractivity contribution in [3.8, 4) is 0 Å². The molecule has 1 saturated carbocycles. The molecule has 8 heteroatoms. The monoisotopic (exact) mass is 310 g/mol. The molecule has 21 heavy (non-hydrogen) atoms.